The average molecular weight is 249 g/mol. The molecule has 0 aliphatic carbocycles. The maximum Gasteiger partial charge on any atom is 0.321 e. The van der Waals surface area contributed by atoms with Crippen molar-refractivity contribution in [2.24, 2.45) is 0 Å². The number of carbonyl (C=O) groups is 1. The molecule has 0 aromatic heterocycles. The molecule has 0 bridgehead atoms. The van der Waals surface area contributed by atoms with Gasteiger partial charge in [-0.05, 0) is 37.1 Å². The summed E-state index contributed by atoms with van der Waals surface area (Å²) in [5, 5.41) is 12.2. The van der Waals surface area contributed by atoms with Crippen molar-refractivity contribution in [1.29, 1.82) is 0 Å². The van der Waals surface area contributed by atoms with Gasteiger partial charge in [0.1, 0.15) is 11.8 Å². The molecule has 2 rings (SSSR count). The summed E-state index contributed by atoms with van der Waals surface area (Å²) in [7, 11) is 0. The number of aliphatic carboxylic acids is 1. The molecule has 0 saturated carbocycles. The first-order chi connectivity index (χ1) is 8.72. The Morgan fingerprint density at radius 2 is 2.39 bits per heavy atom. The minimum Gasteiger partial charge on any atom is -0.494 e. The van der Waals surface area contributed by atoms with Gasteiger partial charge in [-0.25, -0.2) is 0 Å². The van der Waals surface area contributed by atoms with Crippen LogP contribution in [0.25, 0.3) is 0 Å². The van der Waals surface area contributed by atoms with Crippen molar-refractivity contribution in [1.82, 2.24) is 5.32 Å². The molecule has 2 unspecified atom stereocenters. The summed E-state index contributed by atoms with van der Waals surface area (Å²) < 4.78 is 5.58. The van der Waals surface area contributed by atoms with Crippen molar-refractivity contribution in [3.05, 3.63) is 29.8 Å². The summed E-state index contributed by atoms with van der Waals surface area (Å²) in [5.74, 6) is 0.0791. The molecule has 2 atom stereocenters. The fraction of sp³-hybridized carbons (Fsp3) is 0.500. The first-order valence-corrected chi connectivity index (χ1v) is 6.41. The highest BCUT2D eigenvalue weighted by Crippen LogP contribution is 2.30. The smallest absolute Gasteiger partial charge is 0.321 e. The summed E-state index contributed by atoms with van der Waals surface area (Å²) in [4.78, 5) is 11.1. The van der Waals surface area contributed by atoms with Gasteiger partial charge in [-0.1, -0.05) is 19.1 Å². The molecule has 1 aromatic carbocycles. The van der Waals surface area contributed by atoms with E-state index in [4.69, 9.17) is 9.84 Å². The van der Waals surface area contributed by atoms with Crippen molar-refractivity contribution in [2.45, 2.75) is 31.7 Å². The summed E-state index contributed by atoms with van der Waals surface area (Å²) in [5.41, 5.74) is 1.04. The van der Waals surface area contributed by atoms with E-state index in [1.54, 1.807) is 0 Å². The van der Waals surface area contributed by atoms with Crippen LogP contribution in [0.3, 0.4) is 0 Å². The van der Waals surface area contributed by atoms with Gasteiger partial charge in [0, 0.05) is 5.92 Å². The number of hydrogen-bond donors (Lipinski definition) is 2. The van der Waals surface area contributed by atoms with Crippen molar-refractivity contribution >= 4 is 5.97 Å². The van der Waals surface area contributed by atoms with E-state index in [2.05, 4.69) is 12.2 Å². The molecule has 0 amide bonds. The second-order valence-corrected chi connectivity index (χ2v) is 4.59. The lowest BCUT2D eigenvalue weighted by Gasteiger charge is -2.16. The van der Waals surface area contributed by atoms with Crippen LogP contribution in [0.5, 0.6) is 5.75 Å². The number of carboxylic acids is 1. The van der Waals surface area contributed by atoms with Gasteiger partial charge in [-0.15, -0.1) is 0 Å². The van der Waals surface area contributed by atoms with Crippen molar-refractivity contribution < 1.29 is 14.6 Å². The van der Waals surface area contributed by atoms with Gasteiger partial charge in [0.05, 0.1) is 6.61 Å². The second-order valence-electron chi connectivity index (χ2n) is 4.59. The lowest BCUT2D eigenvalue weighted by atomic mass is 9.92. The predicted octanol–water partition coefficient (Wildman–Crippen LogP) is 2.01. The third kappa shape index (κ3) is 2.82. The van der Waals surface area contributed by atoms with Crippen molar-refractivity contribution in [3.8, 4) is 5.75 Å². The van der Waals surface area contributed by atoms with Gasteiger partial charge < -0.3 is 15.2 Å². The topological polar surface area (TPSA) is 58.6 Å². The molecule has 1 fully saturated rings. The lowest BCUT2D eigenvalue weighted by molar-refractivity contribution is -0.139. The number of rotatable bonds is 5. The number of carboxylic acid groups (broad SMARTS) is 1. The zero-order chi connectivity index (χ0) is 13.0. The summed E-state index contributed by atoms with van der Waals surface area (Å²) >= 11 is 0. The summed E-state index contributed by atoms with van der Waals surface area (Å²) in [6.45, 7) is 3.50. The highest BCUT2D eigenvalue weighted by molar-refractivity contribution is 5.75. The monoisotopic (exact) mass is 249 g/mol. The number of benzene rings is 1. The van der Waals surface area contributed by atoms with Crippen LogP contribution in [-0.2, 0) is 4.79 Å². The zero-order valence-electron chi connectivity index (χ0n) is 10.6. The minimum absolute atomic E-state index is 0.0349. The molecule has 1 saturated heterocycles. The SMILES string of the molecule is CCCOc1cccc(C2CCNC2C(=O)O)c1. The van der Waals surface area contributed by atoms with Crippen molar-refractivity contribution in [3.63, 3.8) is 0 Å². The van der Waals surface area contributed by atoms with Crippen LogP contribution >= 0.6 is 0 Å². The molecule has 18 heavy (non-hydrogen) atoms. The third-order valence-electron chi connectivity index (χ3n) is 3.25. The first-order valence-electron chi connectivity index (χ1n) is 6.41. The molecule has 1 heterocycles. The van der Waals surface area contributed by atoms with E-state index < -0.39 is 12.0 Å². The highest BCUT2D eigenvalue weighted by atomic mass is 16.5. The Kier molecular flexibility index (Phi) is 4.20. The average Bonchev–Trinajstić information content (AvgIpc) is 2.86. The standard InChI is InChI=1S/C14H19NO3/c1-2-8-18-11-5-3-4-10(9-11)12-6-7-15-13(12)14(16)17/h3-5,9,12-13,15H,2,6-8H2,1H3,(H,16,17). The van der Waals surface area contributed by atoms with Crippen LogP contribution in [0.15, 0.2) is 24.3 Å². The van der Waals surface area contributed by atoms with E-state index in [1.165, 1.54) is 0 Å². The molecule has 0 radical (unpaired) electrons. The third-order valence-corrected chi connectivity index (χ3v) is 3.25. The normalized spacial score (nSPS) is 22.9. The molecule has 2 N–H and O–H groups in total. The predicted molar refractivity (Wildman–Crippen MR) is 69.0 cm³/mol. The Balaban J connectivity index is 2.14. The molecular weight excluding hydrogens is 230 g/mol. The van der Waals surface area contributed by atoms with Gasteiger partial charge in [0.2, 0.25) is 0 Å². The van der Waals surface area contributed by atoms with Gasteiger partial charge in [0.15, 0.2) is 0 Å². The van der Waals surface area contributed by atoms with Crippen LogP contribution < -0.4 is 10.1 Å². The Morgan fingerprint density at radius 1 is 1.56 bits per heavy atom. The van der Waals surface area contributed by atoms with E-state index in [0.717, 1.165) is 30.7 Å². The number of ether oxygens (including phenoxy) is 1. The van der Waals surface area contributed by atoms with E-state index in [9.17, 15) is 4.79 Å². The summed E-state index contributed by atoms with van der Waals surface area (Å²) in [6, 6.07) is 7.30. The molecule has 1 aromatic rings. The van der Waals surface area contributed by atoms with Crippen LogP contribution in [0.1, 0.15) is 31.2 Å². The molecule has 4 heteroatoms. The molecule has 0 spiro atoms. The number of nitrogens with one attached hydrogen (secondary N) is 1. The maximum absolute atomic E-state index is 11.1. The maximum atomic E-state index is 11.1. The molecule has 98 valence electrons. The molecule has 4 nitrogen and oxygen atoms in total. The van der Waals surface area contributed by atoms with Gasteiger partial charge in [0.25, 0.3) is 0 Å². The van der Waals surface area contributed by atoms with Gasteiger partial charge >= 0.3 is 5.97 Å². The van der Waals surface area contributed by atoms with Crippen LogP contribution in [0, 0.1) is 0 Å². The van der Waals surface area contributed by atoms with Gasteiger partial charge in [-0.2, -0.15) is 0 Å². The lowest BCUT2D eigenvalue weighted by Crippen LogP contribution is -2.34. The van der Waals surface area contributed by atoms with Crippen molar-refractivity contribution in [2.75, 3.05) is 13.2 Å². The second kappa shape index (κ2) is 5.87. The quantitative estimate of drug-likeness (QED) is 0.838. The molecule has 1 aliphatic rings. The number of hydrogen-bond acceptors (Lipinski definition) is 3. The molecular formula is C14H19NO3. The summed E-state index contributed by atoms with van der Waals surface area (Å²) in [6.07, 6.45) is 1.82. The van der Waals surface area contributed by atoms with Crippen LogP contribution in [0.2, 0.25) is 0 Å². The minimum atomic E-state index is -0.780. The first kappa shape index (κ1) is 12.9. The van der Waals surface area contributed by atoms with Gasteiger partial charge in [-0.3, -0.25) is 4.79 Å². The Hall–Kier alpha value is -1.55. The Bertz CT molecular complexity index is 419. The molecule has 1 aliphatic heterocycles. The Labute approximate surface area is 107 Å². The Morgan fingerprint density at radius 3 is 3.11 bits per heavy atom. The van der Waals surface area contributed by atoms with E-state index in [0.29, 0.717) is 6.61 Å². The fourth-order valence-electron chi connectivity index (χ4n) is 2.38. The van der Waals surface area contributed by atoms with Crippen LogP contribution in [0.4, 0.5) is 0 Å². The largest absolute Gasteiger partial charge is 0.494 e. The van der Waals surface area contributed by atoms with E-state index >= 15 is 0 Å². The highest BCUT2D eigenvalue weighted by Gasteiger charge is 2.33. The van der Waals surface area contributed by atoms with Crippen LogP contribution in [-0.4, -0.2) is 30.3 Å². The zero-order valence-corrected chi connectivity index (χ0v) is 10.6. The van der Waals surface area contributed by atoms with E-state index in [-0.39, 0.29) is 5.92 Å². The fourth-order valence-corrected chi connectivity index (χ4v) is 2.38. The van der Waals surface area contributed by atoms with E-state index in [1.807, 2.05) is 24.3 Å².